The number of aliphatic hydroxyl groups is 1. The van der Waals surface area contributed by atoms with E-state index in [0.29, 0.717) is 24.3 Å². The molecule has 2 aliphatic heterocycles. The zero-order chi connectivity index (χ0) is 31.4. The third-order valence-corrected chi connectivity index (χ3v) is 9.14. The third-order valence-electron chi connectivity index (χ3n) is 9.14. The van der Waals surface area contributed by atoms with Gasteiger partial charge in [-0.1, -0.05) is 31.1 Å². The summed E-state index contributed by atoms with van der Waals surface area (Å²) in [6.07, 6.45) is 14.2. The van der Waals surface area contributed by atoms with Gasteiger partial charge in [0.05, 0.1) is 17.9 Å². The van der Waals surface area contributed by atoms with E-state index in [1.54, 1.807) is 13.8 Å². The van der Waals surface area contributed by atoms with Gasteiger partial charge in [-0.05, 0) is 63.4 Å². The fourth-order valence-corrected chi connectivity index (χ4v) is 6.53. The summed E-state index contributed by atoms with van der Waals surface area (Å²) in [5.41, 5.74) is -0.529. The predicted octanol–water partition coefficient (Wildman–Crippen LogP) is 2.87. The SMILES string of the molecule is C#C[C@H]1C=C2C=C[C@H](C)[C@H](CC[C@@H]3C[C@@H](O)CC(=O)O3)[C@@]2(NCOC(=O)C(C)(C)CCC(=O)ON2C(=O)CCC2=O)CC1. The quantitative estimate of drug-likeness (QED) is 0.157. The molecule has 11 nitrogen and oxygen atoms in total. The molecule has 4 rings (SSSR count). The largest absolute Gasteiger partial charge is 0.462 e. The number of aliphatic hydroxyl groups excluding tert-OH is 1. The number of rotatable bonds is 11. The highest BCUT2D eigenvalue weighted by Gasteiger charge is 2.47. The Morgan fingerprint density at radius 2 is 1.95 bits per heavy atom. The van der Waals surface area contributed by atoms with Gasteiger partial charge in [-0.15, -0.1) is 11.5 Å². The monoisotopic (exact) mass is 598 g/mol. The zero-order valence-corrected chi connectivity index (χ0v) is 25.1. The van der Waals surface area contributed by atoms with Crippen LogP contribution in [0.5, 0.6) is 0 Å². The number of nitrogens with one attached hydrogen (secondary N) is 1. The fraction of sp³-hybridized carbons (Fsp3) is 0.656. The topological polar surface area (TPSA) is 149 Å². The highest BCUT2D eigenvalue weighted by molar-refractivity contribution is 6.01. The molecular formula is C32H42N2O9. The number of esters is 2. The number of hydrogen-bond acceptors (Lipinski definition) is 10. The first kappa shape index (κ1) is 32.4. The number of nitrogens with zero attached hydrogens (tertiary/aromatic N) is 1. The molecule has 2 N–H and O–H groups in total. The molecule has 43 heavy (non-hydrogen) atoms. The molecule has 11 heteroatoms. The van der Waals surface area contributed by atoms with E-state index < -0.39 is 40.8 Å². The van der Waals surface area contributed by atoms with Crippen molar-refractivity contribution >= 4 is 29.7 Å². The van der Waals surface area contributed by atoms with Crippen molar-refractivity contribution < 1.29 is 43.4 Å². The summed E-state index contributed by atoms with van der Waals surface area (Å²) in [6, 6.07) is 0. The van der Waals surface area contributed by atoms with Crippen LogP contribution in [0.25, 0.3) is 0 Å². The van der Waals surface area contributed by atoms with E-state index in [-0.39, 0.29) is 68.7 Å². The molecule has 2 aliphatic carbocycles. The zero-order valence-electron chi connectivity index (χ0n) is 25.1. The summed E-state index contributed by atoms with van der Waals surface area (Å²) in [7, 11) is 0. The standard InChI is InChI=1S/C32H42N2O9/c1-5-21-12-15-32(22(16-21)7-6-20(2)25(32)9-8-24-17-23(35)18-29(39)42-24)33-19-41-30(40)31(3,4)14-13-28(38)43-34-26(36)10-11-27(34)37/h1,6-7,16,20-21,23-25,33,35H,8-15,17-19H2,2-4H3/t20-,21+,23+,24+,25-,32+/m0/s1. The van der Waals surface area contributed by atoms with Gasteiger partial charge in [-0.2, -0.15) is 0 Å². The number of ether oxygens (including phenoxy) is 2. The molecule has 0 aromatic rings. The maximum Gasteiger partial charge on any atom is 0.333 e. The molecule has 2 fully saturated rings. The molecule has 4 aliphatic rings. The Balaban J connectivity index is 1.38. The van der Waals surface area contributed by atoms with Crippen LogP contribution in [0.15, 0.2) is 23.8 Å². The molecule has 234 valence electrons. The highest BCUT2D eigenvalue weighted by atomic mass is 16.7. The molecule has 0 unspecified atom stereocenters. The number of hydroxylamine groups is 2. The van der Waals surface area contributed by atoms with Crippen LogP contribution in [0.4, 0.5) is 0 Å². The Morgan fingerprint density at radius 1 is 1.23 bits per heavy atom. The van der Waals surface area contributed by atoms with Crippen LogP contribution in [-0.4, -0.2) is 64.4 Å². The van der Waals surface area contributed by atoms with Crippen molar-refractivity contribution in [3.63, 3.8) is 0 Å². The third kappa shape index (κ3) is 7.54. The Hall–Kier alpha value is -3.49. The van der Waals surface area contributed by atoms with Gasteiger partial charge in [-0.25, -0.2) is 4.79 Å². The maximum atomic E-state index is 13.1. The summed E-state index contributed by atoms with van der Waals surface area (Å²) < 4.78 is 11.2. The van der Waals surface area contributed by atoms with Crippen LogP contribution in [0.3, 0.4) is 0 Å². The number of imide groups is 1. The lowest BCUT2D eigenvalue weighted by Crippen LogP contribution is -2.58. The van der Waals surface area contributed by atoms with Gasteiger partial charge >= 0.3 is 17.9 Å². The number of carbonyl (C=O) groups excluding carboxylic acids is 5. The second kappa shape index (κ2) is 13.4. The number of carbonyl (C=O) groups is 5. The second-order valence-corrected chi connectivity index (χ2v) is 12.7. The average Bonchev–Trinajstić information content (AvgIpc) is 3.27. The van der Waals surface area contributed by atoms with Crippen molar-refractivity contribution in [2.24, 2.45) is 23.2 Å². The van der Waals surface area contributed by atoms with Crippen molar-refractivity contribution in [1.82, 2.24) is 10.4 Å². The summed E-state index contributed by atoms with van der Waals surface area (Å²) in [5, 5.41) is 14.1. The minimum atomic E-state index is -1.04. The van der Waals surface area contributed by atoms with E-state index in [0.717, 1.165) is 18.4 Å². The summed E-state index contributed by atoms with van der Waals surface area (Å²) in [6.45, 7) is 5.37. The Labute approximate surface area is 252 Å². The van der Waals surface area contributed by atoms with Gasteiger partial charge in [0.15, 0.2) is 0 Å². The van der Waals surface area contributed by atoms with Crippen LogP contribution >= 0.6 is 0 Å². The van der Waals surface area contributed by atoms with Gasteiger partial charge in [0.2, 0.25) is 0 Å². The fourth-order valence-electron chi connectivity index (χ4n) is 6.53. The van der Waals surface area contributed by atoms with E-state index in [9.17, 15) is 29.1 Å². The number of fused-ring (bicyclic) bond motifs is 1. The van der Waals surface area contributed by atoms with Gasteiger partial charge in [0.1, 0.15) is 12.8 Å². The first-order chi connectivity index (χ1) is 20.3. The number of hydrogen-bond donors (Lipinski definition) is 2. The van der Waals surface area contributed by atoms with Crippen LogP contribution in [-0.2, 0) is 38.3 Å². The minimum Gasteiger partial charge on any atom is -0.462 e. The van der Waals surface area contributed by atoms with Crippen molar-refractivity contribution in [2.75, 3.05) is 6.73 Å². The molecule has 0 saturated carbocycles. The molecular weight excluding hydrogens is 556 g/mol. The molecule has 2 saturated heterocycles. The summed E-state index contributed by atoms with van der Waals surface area (Å²) >= 11 is 0. The van der Waals surface area contributed by atoms with Crippen LogP contribution in [0.2, 0.25) is 0 Å². The molecule has 0 bridgehead atoms. The van der Waals surface area contributed by atoms with Gasteiger partial charge in [0, 0.05) is 37.1 Å². The van der Waals surface area contributed by atoms with Crippen molar-refractivity contribution in [2.45, 2.75) is 103 Å². The van der Waals surface area contributed by atoms with E-state index >= 15 is 0 Å². The number of amides is 2. The van der Waals surface area contributed by atoms with Gasteiger partial charge < -0.3 is 19.4 Å². The van der Waals surface area contributed by atoms with E-state index in [1.807, 2.05) is 0 Å². The number of allylic oxidation sites excluding steroid dienone is 2. The smallest absolute Gasteiger partial charge is 0.333 e. The van der Waals surface area contributed by atoms with Crippen molar-refractivity contribution in [3.05, 3.63) is 23.8 Å². The summed E-state index contributed by atoms with van der Waals surface area (Å²) in [5.74, 6) is 0.279. The van der Waals surface area contributed by atoms with E-state index in [4.69, 9.17) is 20.7 Å². The first-order valence-corrected chi connectivity index (χ1v) is 15.1. The molecule has 0 aromatic heterocycles. The first-order valence-electron chi connectivity index (χ1n) is 15.1. The Kier molecular flexibility index (Phi) is 10.1. The molecule has 0 aromatic carbocycles. The van der Waals surface area contributed by atoms with Crippen LogP contribution in [0.1, 0.15) is 85.0 Å². The molecule has 2 heterocycles. The second-order valence-electron chi connectivity index (χ2n) is 12.7. The number of cyclic esters (lactones) is 1. The Morgan fingerprint density at radius 3 is 2.63 bits per heavy atom. The average molecular weight is 599 g/mol. The van der Waals surface area contributed by atoms with E-state index in [2.05, 4.69) is 36.4 Å². The molecule has 0 spiro atoms. The minimum absolute atomic E-state index is 0.00526. The normalized spacial score (nSPS) is 30.7. The molecule has 6 atom stereocenters. The van der Waals surface area contributed by atoms with Crippen LogP contribution in [0, 0.1) is 35.5 Å². The van der Waals surface area contributed by atoms with Crippen LogP contribution < -0.4 is 5.32 Å². The highest BCUT2D eigenvalue weighted by Crippen LogP contribution is 2.47. The lowest BCUT2D eigenvalue weighted by atomic mass is 9.61. The van der Waals surface area contributed by atoms with E-state index in [1.165, 1.54) is 0 Å². The molecule has 0 radical (unpaired) electrons. The van der Waals surface area contributed by atoms with Gasteiger partial charge in [0.25, 0.3) is 11.8 Å². The van der Waals surface area contributed by atoms with Crippen molar-refractivity contribution in [3.8, 4) is 12.3 Å². The lowest BCUT2D eigenvalue weighted by molar-refractivity contribution is -0.198. The Bertz CT molecular complexity index is 1220. The predicted molar refractivity (Wildman–Crippen MR) is 153 cm³/mol. The molecule has 2 amide bonds. The van der Waals surface area contributed by atoms with Gasteiger partial charge in [-0.3, -0.25) is 24.5 Å². The summed E-state index contributed by atoms with van der Waals surface area (Å²) in [4.78, 5) is 65.6. The maximum absolute atomic E-state index is 13.1. The number of terminal acetylenes is 1. The lowest BCUT2D eigenvalue weighted by Gasteiger charge is -2.50. The van der Waals surface area contributed by atoms with Crippen molar-refractivity contribution in [1.29, 1.82) is 0 Å².